The topological polar surface area (TPSA) is 13.7 Å². The van der Waals surface area contributed by atoms with Gasteiger partial charge in [-0.2, -0.15) is 4.57 Å². The van der Waals surface area contributed by atoms with Crippen LogP contribution in [0.2, 0.25) is 0 Å². The summed E-state index contributed by atoms with van der Waals surface area (Å²) < 4.78 is 7.17. The maximum Gasteiger partial charge on any atom is 0.231 e. The van der Waals surface area contributed by atoms with Crippen molar-refractivity contribution in [3.8, 4) is 39.3 Å². The van der Waals surface area contributed by atoms with Crippen LogP contribution in [-0.2, 0) is 0 Å². The zero-order valence-corrected chi connectivity index (χ0v) is 30.4. The number of rotatable bonds is 5. The van der Waals surface area contributed by atoms with Gasteiger partial charge in [0, 0.05) is 39.8 Å². The van der Waals surface area contributed by atoms with Crippen molar-refractivity contribution in [3.05, 3.63) is 180 Å². The van der Waals surface area contributed by atoms with Crippen LogP contribution in [0.4, 0.5) is 0 Å². The first-order valence-corrected chi connectivity index (χ1v) is 18.3. The second-order valence-corrected chi connectivity index (χ2v) is 14.3. The van der Waals surface area contributed by atoms with Crippen LogP contribution in [-0.4, -0.2) is 9.13 Å². The molecule has 0 saturated carbocycles. The van der Waals surface area contributed by atoms with Gasteiger partial charge in [0.2, 0.25) is 11.2 Å². The van der Waals surface area contributed by atoms with E-state index in [-0.39, 0.29) is 12.4 Å². The minimum absolute atomic E-state index is 0. The first kappa shape index (κ1) is 32.0. The van der Waals surface area contributed by atoms with Crippen molar-refractivity contribution in [2.75, 3.05) is 0 Å². The summed E-state index contributed by atoms with van der Waals surface area (Å²) >= 11 is 1.80. The number of benzene rings is 7. The number of hydrogen-bond donors (Lipinski definition) is 0. The molecule has 10 rings (SSSR count). The minimum Gasteiger partial charge on any atom is -1.00 e. The Morgan fingerprint density at radius 2 is 0.885 bits per heavy atom. The van der Waals surface area contributed by atoms with E-state index in [0.717, 1.165) is 0 Å². The summed E-state index contributed by atoms with van der Waals surface area (Å²) in [6, 6.07) is 59.7. The minimum atomic E-state index is 0. The molecule has 0 aliphatic rings. The molecule has 0 aliphatic carbocycles. The summed E-state index contributed by atoms with van der Waals surface area (Å²) in [4.78, 5) is 1.32. The predicted octanol–water partition coefficient (Wildman–Crippen LogP) is 9.17. The quantitative estimate of drug-likeness (QED) is 0.159. The van der Waals surface area contributed by atoms with Crippen molar-refractivity contribution < 1.29 is 17.0 Å². The van der Waals surface area contributed by atoms with Gasteiger partial charge < -0.3 is 21.5 Å². The fourth-order valence-corrected chi connectivity index (χ4v) is 8.74. The van der Waals surface area contributed by atoms with E-state index in [1.54, 1.807) is 11.3 Å². The Balaban J connectivity index is 0.00000360. The molecule has 250 valence electrons. The van der Waals surface area contributed by atoms with E-state index in [1.807, 2.05) is 0 Å². The van der Waals surface area contributed by atoms with Crippen LogP contribution >= 0.6 is 11.3 Å². The molecule has 7 aromatic carbocycles. The van der Waals surface area contributed by atoms with Crippen molar-refractivity contribution in [2.24, 2.45) is 0 Å². The van der Waals surface area contributed by atoms with Gasteiger partial charge >= 0.3 is 0 Å². The molecule has 3 heterocycles. The second kappa shape index (κ2) is 12.7. The number of para-hydroxylation sites is 5. The Hall–Kier alpha value is -5.94. The van der Waals surface area contributed by atoms with Crippen molar-refractivity contribution in [3.63, 3.8) is 0 Å². The number of hydrogen-bond acceptors (Lipinski definition) is 1. The number of aromatic nitrogens is 3. The lowest BCUT2D eigenvalue weighted by Crippen LogP contribution is -3.00. The highest BCUT2D eigenvalue weighted by molar-refractivity contribution is 7.09. The van der Waals surface area contributed by atoms with E-state index in [0.29, 0.717) is 0 Å². The maximum absolute atomic E-state index is 2.40. The molecule has 0 N–H and O–H groups in total. The molecule has 10 aromatic rings. The molecule has 5 heteroatoms. The van der Waals surface area contributed by atoms with Gasteiger partial charge in [0.1, 0.15) is 0 Å². The Labute approximate surface area is 312 Å². The SMILES string of the molecule is Cc1sc[n+](-c2c(-c3ccc4c(c3)c3ccccc3n4-c3ccccc3)cccc2-c2ccc3c(c2)c2ccccc2n3-c2ccccc2)c1C.[Cl-]. The van der Waals surface area contributed by atoms with Gasteiger partial charge in [0.25, 0.3) is 0 Å². The van der Waals surface area contributed by atoms with Gasteiger partial charge in [0.05, 0.1) is 38.1 Å². The lowest BCUT2D eigenvalue weighted by Gasteiger charge is -2.13. The highest BCUT2D eigenvalue weighted by Gasteiger charge is 2.26. The molecular formula is C47H34ClN3S. The lowest BCUT2D eigenvalue weighted by atomic mass is 9.94. The number of fused-ring (bicyclic) bond motifs is 6. The molecule has 0 aliphatic heterocycles. The average molecular weight is 708 g/mol. The molecule has 0 radical (unpaired) electrons. The molecule has 52 heavy (non-hydrogen) atoms. The van der Waals surface area contributed by atoms with E-state index in [9.17, 15) is 0 Å². The molecule has 3 nitrogen and oxygen atoms in total. The summed E-state index contributed by atoms with van der Waals surface area (Å²) in [5, 5.41) is 5.01. The molecular weight excluding hydrogens is 674 g/mol. The highest BCUT2D eigenvalue weighted by atomic mass is 35.5. The van der Waals surface area contributed by atoms with E-state index in [4.69, 9.17) is 0 Å². The fourth-order valence-electron chi connectivity index (χ4n) is 7.95. The molecule has 0 bridgehead atoms. The fraction of sp³-hybridized carbons (Fsp3) is 0.0426. The highest BCUT2D eigenvalue weighted by Crippen LogP contribution is 2.40. The van der Waals surface area contributed by atoms with Crippen molar-refractivity contribution in [2.45, 2.75) is 13.8 Å². The zero-order chi connectivity index (χ0) is 34.1. The van der Waals surface area contributed by atoms with Gasteiger partial charge in [-0.25, -0.2) is 0 Å². The normalized spacial score (nSPS) is 11.5. The van der Waals surface area contributed by atoms with Crippen LogP contribution in [0.5, 0.6) is 0 Å². The predicted molar refractivity (Wildman–Crippen MR) is 215 cm³/mol. The van der Waals surface area contributed by atoms with Crippen LogP contribution in [0, 0.1) is 13.8 Å². The molecule has 0 unspecified atom stereocenters. The zero-order valence-electron chi connectivity index (χ0n) is 28.8. The van der Waals surface area contributed by atoms with E-state index in [1.165, 1.54) is 93.5 Å². The summed E-state index contributed by atoms with van der Waals surface area (Å²) in [5.74, 6) is 0. The summed E-state index contributed by atoms with van der Waals surface area (Å²) in [5.41, 5.74) is 16.7. The number of aryl methyl sites for hydroxylation is 1. The van der Waals surface area contributed by atoms with Crippen molar-refractivity contribution in [1.29, 1.82) is 0 Å². The van der Waals surface area contributed by atoms with Crippen LogP contribution in [0.1, 0.15) is 10.6 Å². The van der Waals surface area contributed by atoms with Gasteiger partial charge in [-0.3, -0.25) is 0 Å². The van der Waals surface area contributed by atoms with Gasteiger partial charge in [-0.1, -0.05) is 102 Å². The first-order chi connectivity index (χ1) is 25.2. The van der Waals surface area contributed by atoms with Crippen LogP contribution in [0.25, 0.3) is 82.9 Å². The Morgan fingerprint density at radius 3 is 1.35 bits per heavy atom. The monoisotopic (exact) mass is 707 g/mol. The molecule has 3 aromatic heterocycles. The molecule has 0 spiro atoms. The Bertz CT molecular complexity index is 2760. The number of nitrogens with zero attached hydrogens (tertiary/aromatic N) is 3. The van der Waals surface area contributed by atoms with Crippen LogP contribution < -0.4 is 17.0 Å². The molecule has 0 fully saturated rings. The standard InChI is InChI=1S/C47H34N3S.ClH/c1-31-32(2)51-30-48(31)47-37(33-24-26-45-41(28-33)39-18-9-11-22-43(39)49(45)35-14-5-3-6-15-35)20-13-21-38(47)34-25-27-46-42(29-34)40-19-10-12-23-44(40)50(46)36-16-7-4-8-17-36;/h3-30H,1-2H3;1H/q+1;/p-1. The largest absolute Gasteiger partial charge is 1.00 e. The maximum atomic E-state index is 2.40. The lowest BCUT2D eigenvalue weighted by molar-refractivity contribution is -0.596. The molecule has 0 atom stereocenters. The van der Waals surface area contributed by atoms with Crippen LogP contribution in [0.15, 0.2) is 169 Å². The summed E-state index contributed by atoms with van der Waals surface area (Å²) in [7, 11) is 0. The first-order valence-electron chi connectivity index (χ1n) is 17.4. The van der Waals surface area contributed by atoms with Gasteiger partial charge in [-0.15, -0.1) is 0 Å². The van der Waals surface area contributed by atoms with E-state index >= 15 is 0 Å². The third kappa shape index (κ3) is 4.90. The number of thiazole rings is 1. The molecule has 0 saturated heterocycles. The third-order valence-corrected chi connectivity index (χ3v) is 11.4. The smallest absolute Gasteiger partial charge is 0.231 e. The Kier molecular flexibility index (Phi) is 7.80. The van der Waals surface area contributed by atoms with E-state index in [2.05, 4.69) is 197 Å². The summed E-state index contributed by atoms with van der Waals surface area (Å²) in [6.07, 6.45) is 0. The number of halogens is 1. The van der Waals surface area contributed by atoms with Gasteiger partial charge in [0.15, 0.2) is 5.69 Å². The van der Waals surface area contributed by atoms with E-state index < -0.39 is 0 Å². The second-order valence-electron chi connectivity index (χ2n) is 13.3. The summed E-state index contributed by atoms with van der Waals surface area (Å²) in [6.45, 7) is 4.45. The van der Waals surface area contributed by atoms with Crippen LogP contribution in [0.3, 0.4) is 0 Å². The third-order valence-electron chi connectivity index (χ3n) is 10.5. The van der Waals surface area contributed by atoms with Crippen molar-refractivity contribution in [1.82, 2.24) is 9.13 Å². The van der Waals surface area contributed by atoms with Gasteiger partial charge in [-0.05, 0) is 90.8 Å². The molecule has 0 amide bonds. The Morgan fingerprint density at radius 1 is 0.442 bits per heavy atom. The van der Waals surface area contributed by atoms with Crippen molar-refractivity contribution >= 4 is 54.9 Å². The average Bonchev–Trinajstić information content (AvgIpc) is 3.83.